The number of hydrogen-bond acceptors (Lipinski definition) is 3. The zero-order chi connectivity index (χ0) is 37.1. The molecule has 8 rings (SSSR count). The number of halogens is 2. The van der Waals surface area contributed by atoms with Gasteiger partial charge in [0.05, 0.1) is 22.3 Å². The van der Waals surface area contributed by atoms with Crippen LogP contribution in [0.5, 0.6) is 0 Å². The Morgan fingerprint density at radius 2 is 0.925 bits per heavy atom. The summed E-state index contributed by atoms with van der Waals surface area (Å²) in [6, 6.07) is 42.4. The minimum absolute atomic E-state index is 0.104. The van der Waals surface area contributed by atoms with Crippen molar-refractivity contribution in [1.29, 1.82) is 0 Å². The molecule has 4 nitrogen and oxygen atoms in total. The minimum atomic E-state index is -0.643. The number of rotatable bonds is 5. The third-order valence-corrected chi connectivity index (χ3v) is 9.93. The van der Waals surface area contributed by atoms with E-state index >= 15 is 8.78 Å². The van der Waals surface area contributed by atoms with E-state index in [2.05, 4.69) is 82.5 Å². The molecular weight excluding hydrogens is 659 g/mol. The number of hydrogen-bond donors (Lipinski definition) is 0. The van der Waals surface area contributed by atoms with E-state index in [4.69, 9.17) is 15.0 Å². The van der Waals surface area contributed by atoms with Crippen LogP contribution in [0.2, 0.25) is 0 Å². The van der Waals surface area contributed by atoms with Gasteiger partial charge in [-0.05, 0) is 63.9 Å². The highest BCUT2D eigenvalue weighted by Gasteiger charge is 2.24. The average Bonchev–Trinajstić information content (AvgIpc) is 3.47. The molecule has 53 heavy (non-hydrogen) atoms. The van der Waals surface area contributed by atoms with E-state index in [0.29, 0.717) is 28.6 Å². The Bertz CT molecular complexity index is 2500. The van der Waals surface area contributed by atoms with E-state index in [9.17, 15) is 0 Å². The Labute approximate surface area is 308 Å². The minimum Gasteiger partial charge on any atom is -0.308 e. The first-order valence-corrected chi connectivity index (χ1v) is 17.9. The smallest absolute Gasteiger partial charge is 0.166 e. The van der Waals surface area contributed by atoms with Crippen molar-refractivity contribution in [3.8, 4) is 51.0 Å². The Kier molecular flexibility index (Phi) is 8.29. The van der Waals surface area contributed by atoms with Crippen LogP contribution in [-0.4, -0.2) is 19.5 Å². The van der Waals surface area contributed by atoms with Crippen molar-refractivity contribution in [3.63, 3.8) is 0 Å². The van der Waals surface area contributed by atoms with Gasteiger partial charge in [-0.25, -0.2) is 23.7 Å². The lowest BCUT2D eigenvalue weighted by Crippen LogP contribution is -2.11. The quantitative estimate of drug-likeness (QED) is 0.180. The van der Waals surface area contributed by atoms with Gasteiger partial charge in [-0.3, -0.25) is 0 Å². The molecule has 0 unspecified atom stereocenters. The summed E-state index contributed by atoms with van der Waals surface area (Å²) < 4.78 is 33.2. The molecule has 0 aliphatic rings. The van der Waals surface area contributed by atoms with Crippen LogP contribution in [-0.2, 0) is 10.8 Å². The summed E-state index contributed by atoms with van der Waals surface area (Å²) >= 11 is 0. The zero-order valence-corrected chi connectivity index (χ0v) is 30.7. The third-order valence-electron chi connectivity index (χ3n) is 9.93. The van der Waals surface area contributed by atoms with Crippen LogP contribution in [0, 0.1) is 11.6 Å². The van der Waals surface area contributed by atoms with Gasteiger partial charge in [-0.15, -0.1) is 0 Å². The van der Waals surface area contributed by atoms with Gasteiger partial charge in [0.15, 0.2) is 17.5 Å². The van der Waals surface area contributed by atoms with Gasteiger partial charge < -0.3 is 4.57 Å². The molecule has 0 bridgehead atoms. The molecule has 0 N–H and O–H groups in total. The topological polar surface area (TPSA) is 43.6 Å². The molecule has 0 radical (unpaired) electrons. The Balaban J connectivity index is 1.51. The summed E-state index contributed by atoms with van der Waals surface area (Å²) in [4.78, 5) is 15.1. The highest BCUT2D eigenvalue weighted by Crippen LogP contribution is 2.41. The maximum absolute atomic E-state index is 15.5. The molecule has 6 heteroatoms. The van der Waals surface area contributed by atoms with Crippen LogP contribution in [0.15, 0.2) is 133 Å². The first kappa shape index (κ1) is 34.1. The van der Waals surface area contributed by atoms with E-state index in [1.54, 1.807) is 6.07 Å². The van der Waals surface area contributed by atoms with Crippen molar-refractivity contribution in [3.05, 3.63) is 156 Å². The molecule has 2 heterocycles. The van der Waals surface area contributed by atoms with Gasteiger partial charge in [0.1, 0.15) is 11.6 Å². The fraction of sp³-hybridized carbons (Fsp3) is 0.170. The van der Waals surface area contributed by atoms with Gasteiger partial charge in [0, 0.05) is 27.5 Å². The summed E-state index contributed by atoms with van der Waals surface area (Å²) in [5.41, 5.74) is 7.53. The van der Waals surface area contributed by atoms with Crippen LogP contribution in [0.1, 0.15) is 52.7 Å². The fourth-order valence-electron chi connectivity index (χ4n) is 6.98. The van der Waals surface area contributed by atoms with Crippen molar-refractivity contribution in [1.82, 2.24) is 19.5 Å². The average molecular weight is 699 g/mol. The fourth-order valence-corrected chi connectivity index (χ4v) is 6.98. The normalized spacial score (nSPS) is 12.2. The summed E-state index contributed by atoms with van der Waals surface area (Å²) in [5.74, 6) is 0.0946. The highest BCUT2D eigenvalue weighted by molar-refractivity contribution is 6.10. The maximum atomic E-state index is 15.5. The van der Waals surface area contributed by atoms with Crippen molar-refractivity contribution < 1.29 is 8.78 Å². The Morgan fingerprint density at radius 3 is 1.40 bits per heavy atom. The predicted molar refractivity (Wildman–Crippen MR) is 213 cm³/mol. The largest absolute Gasteiger partial charge is 0.308 e. The van der Waals surface area contributed by atoms with Crippen molar-refractivity contribution in [2.75, 3.05) is 0 Å². The lowest BCUT2D eigenvalue weighted by molar-refractivity contribution is 0.589. The lowest BCUT2D eigenvalue weighted by atomic mass is 9.86. The predicted octanol–water partition coefficient (Wildman–Crippen LogP) is 12.5. The van der Waals surface area contributed by atoms with Gasteiger partial charge in [-0.1, -0.05) is 139 Å². The molecule has 6 aromatic carbocycles. The number of benzene rings is 6. The molecule has 0 atom stereocenters. The second kappa shape index (κ2) is 12.9. The van der Waals surface area contributed by atoms with Crippen LogP contribution < -0.4 is 0 Å². The van der Waals surface area contributed by atoms with Crippen LogP contribution in [0.3, 0.4) is 0 Å². The van der Waals surface area contributed by atoms with E-state index in [1.165, 1.54) is 29.3 Å². The van der Waals surface area contributed by atoms with Crippen LogP contribution in [0.25, 0.3) is 72.8 Å². The zero-order valence-electron chi connectivity index (χ0n) is 30.7. The number of fused-ring (bicyclic) bond motifs is 3. The molecular formula is C47H40F2N4. The Morgan fingerprint density at radius 1 is 0.453 bits per heavy atom. The second-order valence-corrected chi connectivity index (χ2v) is 15.7. The van der Waals surface area contributed by atoms with Crippen molar-refractivity contribution in [2.24, 2.45) is 0 Å². The summed E-state index contributed by atoms with van der Waals surface area (Å²) in [6.07, 6.45) is 0. The molecule has 0 saturated heterocycles. The first-order chi connectivity index (χ1) is 25.4. The molecule has 0 spiro atoms. The van der Waals surface area contributed by atoms with Crippen LogP contribution in [0.4, 0.5) is 8.78 Å². The number of nitrogens with zero attached hydrogens (tertiary/aromatic N) is 4. The number of aromatic nitrogens is 4. The van der Waals surface area contributed by atoms with E-state index < -0.39 is 11.6 Å². The molecule has 0 saturated carbocycles. The summed E-state index contributed by atoms with van der Waals surface area (Å²) in [7, 11) is 0. The SMILES string of the molecule is CC(C)(C)c1ccc2c3ccc(C(C)(C)C)cc3n(-c3ccc(-c4c(F)cccc4F)cc3-c3nc(-c4ccccc4)nc(-c4ccccc4)n3)c2c1. The Hall–Kier alpha value is -6.01. The molecule has 8 aromatic rings. The molecule has 262 valence electrons. The standard InChI is InChI=1S/C47H40F2N4/c1-46(2,3)32-21-23-34-35-24-22-33(47(4,5)6)28-41(35)53(40(34)27-32)39-25-20-31(42-37(48)18-13-19-38(42)49)26-36(39)45-51-43(29-14-9-7-10-15-29)50-44(52-45)30-16-11-8-12-17-30/h7-28H,1-6H3. The monoisotopic (exact) mass is 698 g/mol. The van der Waals surface area contributed by atoms with Gasteiger partial charge in [0.2, 0.25) is 0 Å². The third kappa shape index (κ3) is 6.29. The van der Waals surface area contributed by atoms with E-state index in [-0.39, 0.29) is 16.4 Å². The van der Waals surface area contributed by atoms with Crippen molar-refractivity contribution >= 4 is 21.8 Å². The second-order valence-electron chi connectivity index (χ2n) is 15.7. The summed E-state index contributed by atoms with van der Waals surface area (Å²) in [6.45, 7) is 13.3. The lowest BCUT2D eigenvalue weighted by Gasteiger charge is -2.21. The van der Waals surface area contributed by atoms with Gasteiger partial charge in [-0.2, -0.15) is 0 Å². The van der Waals surface area contributed by atoms with Crippen LogP contribution >= 0.6 is 0 Å². The summed E-state index contributed by atoms with van der Waals surface area (Å²) in [5, 5.41) is 2.21. The first-order valence-electron chi connectivity index (χ1n) is 17.9. The molecule has 0 aliphatic carbocycles. The van der Waals surface area contributed by atoms with Crippen molar-refractivity contribution in [2.45, 2.75) is 52.4 Å². The molecule has 0 amide bonds. The highest BCUT2D eigenvalue weighted by atomic mass is 19.1. The molecule has 2 aromatic heterocycles. The van der Waals surface area contributed by atoms with Gasteiger partial charge >= 0.3 is 0 Å². The van der Waals surface area contributed by atoms with E-state index in [1.807, 2.05) is 72.8 Å². The van der Waals surface area contributed by atoms with Gasteiger partial charge in [0.25, 0.3) is 0 Å². The van der Waals surface area contributed by atoms with E-state index in [0.717, 1.165) is 38.6 Å². The molecule has 0 fully saturated rings. The maximum Gasteiger partial charge on any atom is 0.166 e. The molecule has 0 aliphatic heterocycles.